The smallest absolute Gasteiger partial charge is 0.224 e. The maximum absolute atomic E-state index is 12.0. The number of benzene rings is 1. The Bertz CT molecular complexity index is 650. The van der Waals surface area contributed by atoms with E-state index in [-0.39, 0.29) is 5.91 Å². The van der Waals surface area contributed by atoms with Crippen molar-refractivity contribution in [3.8, 4) is 0 Å². The molecule has 0 saturated carbocycles. The fourth-order valence-corrected chi connectivity index (χ4v) is 3.63. The molecule has 1 aliphatic heterocycles. The Labute approximate surface area is 176 Å². The molecule has 1 amide bonds. The molecule has 0 unspecified atom stereocenters. The number of guanidine groups is 1. The molecule has 0 spiro atoms. The molecule has 1 heterocycles. The molecule has 0 bridgehead atoms. The molecule has 2 rings (SSSR count). The van der Waals surface area contributed by atoms with Crippen LogP contribution in [0.15, 0.2) is 29.3 Å². The molecule has 0 aliphatic carbocycles. The summed E-state index contributed by atoms with van der Waals surface area (Å²) >= 11 is 0. The van der Waals surface area contributed by atoms with Crippen LogP contribution in [-0.2, 0) is 11.3 Å². The molecule has 29 heavy (non-hydrogen) atoms. The fraction of sp³-hybridized carbons (Fsp3) is 0.652. The van der Waals surface area contributed by atoms with E-state index in [1.807, 2.05) is 32.0 Å². The first-order chi connectivity index (χ1) is 14.0. The van der Waals surface area contributed by atoms with Gasteiger partial charge in [-0.05, 0) is 56.3 Å². The van der Waals surface area contributed by atoms with Crippen molar-refractivity contribution < 1.29 is 4.79 Å². The van der Waals surface area contributed by atoms with Crippen molar-refractivity contribution in [3.05, 3.63) is 29.8 Å². The van der Waals surface area contributed by atoms with Crippen LogP contribution in [0.25, 0.3) is 0 Å². The first-order valence-electron chi connectivity index (χ1n) is 11.2. The second-order valence-electron chi connectivity index (χ2n) is 8.30. The van der Waals surface area contributed by atoms with Crippen LogP contribution in [0.4, 0.5) is 5.69 Å². The predicted octanol–water partition coefficient (Wildman–Crippen LogP) is 3.60. The van der Waals surface area contributed by atoms with Gasteiger partial charge in [0.05, 0.1) is 6.54 Å². The van der Waals surface area contributed by atoms with E-state index in [1.54, 1.807) is 0 Å². The molecular weight excluding hydrogens is 362 g/mol. The van der Waals surface area contributed by atoms with Gasteiger partial charge in [0.1, 0.15) is 0 Å². The van der Waals surface area contributed by atoms with Crippen LogP contribution in [0.1, 0.15) is 58.9 Å². The minimum Gasteiger partial charge on any atom is -0.357 e. The summed E-state index contributed by atoms with van der Waals surface area (Å²) in [5, 5.41) is 9.94. The molecule has 6 nitrogen and oxygen atoms in total. The first kappa shape index (κ1) is 23.2. The van der Waals surface area contributed by atoms with Crippen molar-refractivity contribution >= 4 is 17.6 Å². The number of aliphatic imine (C=N–C) groups is 1. The highest BCUT2D eigenvalue weighted by Crippen LogP contribution is 2.14. The number of anilines is 1. The number of likely N-dealkylation sites (tertiary alicyclic amines) is 1. The zero-order valence-corrected chi connectivity index (χ0v) is 18.6. The third-order valence-corrected chi connectivity index (χ3v) is 5.04. The maximum Gasteiger partial charge on any atom is 0.224 e. The number of amides is 1. The number of carbonyl (C=O) groups excluding carboxylic acids is 1. The van der Waals surface area contributed by atoms with E-state index in [2.05, 4.69) is 40.8 Å². The van der Waals surface area contributed by atoms with Crippen molar-refractivity contribution in [3.63, 3.8) is 0 Å². The van der Waals surface area contributed by atoms with E-state index in [9.17, 15) is 4.79 Å². The van der Waals surface area contributed by atoms with Gasteiger partial charge in [-0.1, -0.05) is 32.9 Å². The molecule has 3 N–H and O–H groups in total. The zero-order chi connectivity index (χ0) is 21.1. The van der Waals surface area contributed by atoms with E-state index >= 15 is 0 Å². The van der Waals surface area contributed by atoms with Crippen molar-refractivity contribution in [2.75, 3.05) is 31.5 Å². The Morgan fingerprint density at radius 2 is 2.00 bits per heavy atom. The second kappa shape index (κ2) is 12.5. The van der Waals surface area contributed by atoms with Gasteiger partial charge in [-0.25, -0.2) is 4.99 Å². The Morgan fingerprint density at radius 1 is 1.24 bits per heavy atom. The van der Waals surface area contributed by atoms with Gasteiger partial charge in [-0.3, -0.25) is 4.79 Å². The zero-order valence-electron chi connectivity index (χ0n) is 18.6. The van der Waals surface area contributed by atoms with Crippen LogP contribution in [0.2, 0.25) is 0 Å². The summed E-state index contributed by atoms with van der Waals surface area (Å²) in [7, 11) is 0. The van der Waals surface area contributed by atoms with Crippen molar-refractivity contribution in [2.45, 2.75) is 66.0 Å². The number of rotatable bonds is 9. The minimum atomic E-state index is 0.0603. The first-order valence-corrected chi connectivity index (χ1v) is 11.2. The van der Waals surface area contributed by atoms with E-state index in [0.717, 1.165) is 49.7 Å². The predicted molar refractivity (Wildman–Crippen MR) is 122 cm³/mol. The van der Waals surface area contributed by atoms with Crippen LogP contribution < -0.4 is 16.0 Å². The molecule has 0 aromatic heterocycles. The Morgan fingerprint density at radius 3 is 2.66 bits per heavy atom. The lowest BCUT2D eigenvalue weighted by atomic mass is 10.1. The highest BCUT2D eigenvalue weighted by Gasteiger charge is 2.19. The van der Waals surface area contributed by atoms with Crippen LogP contribution >= 0.6 is 0 Å². The number of nitrogens with zero attached hydrogens (tertiary/aromatic N) is 2. The van der Waals surface area contributed by atoms with E-state index in [4.69, 9.17) is 4.99 Å². The number of piperidine rings is 1. The summed E-state index contributed by atoms with van der Waals surface area (Å²) in [4.78, 5) is 19.3. The van der Waals surface area contributed by atoms with Gasteiger partial charge in [-0.2, -0.15) is 0 Å². The second-order valence-corrected chi connectivity index (χ2v) is 8.30. The van der Waals surface area contributed by atoms with Crippen molar-refractivity contribution in [1.82, 2.24) is 15.5 Å². The van der Waals surface area contributed by atoms with Gasteiger partial charge in [0.25, 0.3) is 0 Å². The maximum atomic E-state index is 12.0. The lowest BCUT2D eigenvalue weighted by Gasteiger charge is -2.32. The van der Waals surface area contributed by atoms with Crippen LogP contribution in [0.3, 0.4) is 0 Å². The van der Waals surface area contributed by atoms with Gasteiger partial charge in [-0.15, -0.1) is 0 Å². The molecule has 162 valence electrons. The summed E-state index contributed by atoms with van der Waals surface area (Å²) in [6.07, 6.45) is 4.07. The third kappa shape index (κ3) is 8.86. The van der Waals surface area contributed by atoms with Gasteiger partial charge in [0, 0.05) is 37.8 Å². The lowest BCUT2D eigenvalue weighted by Crippen LogP contribution is -2.48. The topological polar surface area (TPSA) is 68.8 Å². The molecule has 1 aromatic carbocycles. The van der Waals surface area contributed by atoms with Gasteiger partial charge < -0.3 is 20.9 Å². The summed E-state index contributed by atoms with van der Waals surface area (Å²) in [5.74, 6) is 1.28. The largest absolute Gasteiger partial charge is 0.357 e. The number of hydrogen-bond donors (Lipinski definition) is 3. The van der Waals surface area contributed by atoms with Crippen molar-refractivity contribution in [2.24, 2.45) is 10.9 Å². The van der Waals surface area contributed by atoms with E-state index < -0.39 is 0 Å². The lowest BCUT2D eigenvalue weighted by molar-refractivity contribution is -0.116. The molecular formula is C23H39N5O. The van der Waals surface area contributed by atoms with Gasteiger partial charge >= 0.3 is 0 Å². The molecule has 1 aromatic rings. The molecule has 1 saturated heterocycles. The SMILES string of the molecule is CCCN1CCC(NC(=NCc2cccc(NC(=O)CC(C)C)c2)NCC)CC1. The standard InChI is InChI=1S/C23H39N5O/c1-5-12-28-13-10-20(11-14-28)27-23(24-6-2)25-17-19-8-7-9-21(16-19)26-22(29)15-18(3)4/h7-9,16,18,20H,5-6,10-15,17H2,1-4H3,(H,26,29)(H2,24,25,27). The quantitative estimate of drug-likeness (QED) is 0.437. The average Bonchev–Trinajstić information content (AvgIpc) is 2.67. The Hall–Kier alpha value is -2.08. The highest BCUT2D eigenvalue weighted by atomic mass is 16.1. The molecule has 6 heteroatoms. The number of nitrogens with one attached hydrogen (secondary N) is 3. The van der Waals surface area contributed by atoms with Crippen LogP contribution in [0, 0.1) is 5.92 Å². The molecule has 0 radical (unpaired) electrons. The van der Waals surface area contributed by atoms with E-state index in [0.29, 0.717) is 24.9 Å². The highest BCUT2D eigenvalue weighted by molar-refractivity contribution is 5.90. The van der Waals surface area contributed by atoms with Gasteiger partial charge in [0.15, 0.2) is 5.96 Å². The molecule has 1 fully saturated rings. The summed E-state index contributed by atoms with van der Waals surface area (Å²) in [5.41, 5.74) is 1.92. The van der Waals surface area contributed by atoms with Crippen LogP contribution in [-0.4, -0.2) is 49.0 Å². The normalized spacial score (nSPS) is 16.1. The molecule has 0 atom stereocenters. The number of hydrogen-bond acceptors (Lipinski definition) is 3. The van der Waals surface area contributed by atoms with E-state index in [1.165, 1.54) is 13.0 Å². The molecule has 1 aliphatic rings. The number of carbonyl (C=O) groups is 1. The van der Waals surface area contributed by atoms with Crippen LogP contribution in [0.5, 0.6) is 0 Å². The average molecular weight is 402 g/mol. The Kier molecular flexibility index (Phi) is 9.98. The monoisotopic (exact) mass is 401 g/mol. The summed E-state index contributed by atoms with van der Waals surface area (Å²) in [6.45, 7) is 13.4. The summed E-state index contributed by atoms with van der Waals surface area (Å²) < 4.78 is 0. The Balaban J connectivity index is 1.91. The van der Waals surface area contributed by atoms with Crippen molar-refractivity contribution in [1.29, 1.82) is 0 Å². The summed E-state index contributed by atoms with van der Waals surface area (Å²) in [6, 6.07) is 8.43. The fourth-order valence-electron chi connectivity index (χ4n) is 3.63. The third-order valence-electron chi connectivity index (χ3n) is 5.04. The van der Waals surface area contributed by atoms with Gasteiger partial charge in [0.2, 0.25) is 5.91 Å². The minimum absolute atomic E-state index is 0.0603.